The zero-order valence-corrected chi connectivity index (χ0v) is 27.7. The number of pyridine rings is 1. The molecule has 0 bridgehead atoms. The van der Waals surface area contributed by atoms with E-state index < -0.39 is 0 Å². The van der Waals surface area contributed by atoms with Gasteiger partial charge in [0.15, 0.2) is 0 Å². The third-order valence-corrected chi connectivity index (χ3v) is 7.69. The molecule has 0 aliphatic rings. The Morgan fingerprint density at radius 3 is 1.66 bits per heavy atom. The highest BCUT2D eigenvalue weighted by Crippen LogP contribution is 2.36. The van der Waals surface area contributed by atoms with E-state index in [9.17, 15) is 0 Å². The van der Waals surface area contributed by atoms with Crippen LogP contribution in [-0.4, -0.2) is 69.9 Å². The van der Waals surface area contributed by atoms with Crippen LogP contribution in [0.3, 0.4) is 0 Å². The van der Waals surface area contributed by atoms with Crippen molar-refractivity contribution in [3.05, 3.63) is 88.6 Å². The van der Waals surface area contributed by atoms with Gasteiger partial charge in [-0.3, -0.25) is 4.98 Å². The molecule has 47 heavy (non-hydrogen) atoms. The van der Waals surface area contributed by atoms with Crippen molar-refractivity contribution in [1.82, 2.24) is 15.6 Å². The highest BCUT2D eigenvalue weighted by Gasteiger charge is 2.16. The summed E-state index contributed by atoms with van der Waals surface area (Å²) in [6.45, 7) is 4.72. The van der Waals surface area contributed by atoms with Gasteiger partial charge < -0.3 is 49.3 Å². The minimum Gasteiger partial charge on any atom is -0.496 e. The molecule has 3 aromatic carbocycles. The number of hydrogen-bond donors (Lipinski definition) is 4. The summed E-state index contributed by atoms with van der Waals surface area (Å²) in [7, 11) is 6.43. The van der Waals surface area contributed by atoms with Crippen molar-refractivity contribution in [3.8, 4) is 45.8 Å². The molecule has 0 aliphatic carbocycles. The average Bonchev–Trinajstić information content (AvgIpc) is 3.10. The molecule has 11 heteroatoms. The molecule has 0 saturated carbocycles. The molecule has 4 aromatic rings. The van der Waals surface area contributed by atoms with Gasteiger partial charge in [-0.25, -0.2) is 0 Å². The second kappa shape index (κ2) is 18.0. The van der Waals surface area contributed by atoms with E-state index in [0.29, 0.717) is 73.9 Å². The minimum absolute atomic E-state index is 0.0447. The van der Waals surface area contributed by atoms with Gasteiger partial charge in [-0.2, -0.15) is 0 Å². The van der Waals surface area contributed by atoms with Crippen molar-refractivity contribution in [2.75, 3.05) is 54.7 Å². The number of hydrogen-bond acceptors (Lipinski definition) is 11. The number of benzene rings is 3. The number of nitrogens with zero attached hydrogens (tertiary/aromatic N) is 1. The monoisotopic (exact) mass is 647 g/mol. The summed E-state index contributed by atoms with van der Waals surface area (Å²) in [5.74, 6) is 3.79. The molecule has 252 valence electrons. The van der Waals surface area contributed by atoms with Crippen LogP contribution in [0.4, 0.5) is 0 Å². The highest BCUT2D eigenvalue weighted by molar-refractivity contribution is 5.65. The zero-order chi connectivity index (χ0) is 33.6. The third kappa shape index (κ3) is 9.26. The summed E-state index contributed by atoms with van der Waals surface area (Å²) in [5.41, 5.74) is 6.56. The van der Waals surface area contributed by atoms with Gasteiger partial charge >= 0.3 is 0 Å². The van der Waals surface area contributed by atoms with E-state index in [1.807, 2.05) is 54.6 Å². The standard InChI is InChI=1S/C36H45N3O8/c1-24-26(23-47-28-18-35(44-4)31(21-38-12-14-41)36(19-28)45-5)7-6-8-29(24)32-15-25(9-10-39-32)22-46-27-16-33(42-2)30(20-37-11-13-40)34(17-27)43-3/h6-10,15-19,37-38,40-41H,11-14,20-23H2,1-5H3. The normalized spacial score (nSPS) is 10.9. The van der Waals surface area contributed by atoms with Gasteiger partial charge in [-0.1, -0.05) is 18.2 Å². The van der Waals surface area contributed by atoms with Crippen LogP contribution < -0.4 is 39.1 Å². The van der Waals surface area contributed by atoms with Crippen LogP contribution in [0.1, 0.15) is 27.8 Å². The van der Waals surface area contributed by atoms with Crippen molar-refractivity contribution in [3.63, 3.8) is 0 Å². The van der Waals surface area contributed by atoms with E-state index in [1.165, 1.54) is 0 Å². The highest BCUT2D eigenvalue weighted by atomic mass is 16.5. The molecule has 1 aromatic heterocycles. The summed E-state index contributed by atoms with van der Waals surface area (Å²) < 4.78 is 34.8. The number of aliphatic hydroxyl groups is 2. The van der Waals surface area contributed by atoms with E-state index in [0.717, 1.165) is 39.1 Å². The van der Waals surface area contributed by atoms with Crippen LogP contribution in [0, 0.1) is 6.92 Å². The van der Waals surface area contributed by atoms with Crippen molar-refractivity contribution >= 4 is 0 Å². The molecule has 0 atom stereocenters. The summed E-state index contributed by atoms with van der Waals surface area (Å²) in [4.78, 5) is 4.66. The lowest BCUT2D eigenvalue weighted by Crippen LogP contribution is -2.18. The van der Waals surface area contributed by atoms with E-state index in [1.54, 1.807) is 34.6 Å². The fraction of sp³-hybridized carbons (Fsp3) is 0.361. The number of ether oxygens (including phenoxy) is 6. The lowest BCUT2D eigenvalue weighted by Gasteiger charge is -2.17. The van der Waals surface area contributed by atoms with Gasteiger partial charge in [0.05, 0.1) is 58.5 Å². The van der Waals surface area contributed by atoms with Gasteiger partial charge in [0.1, 0.15) is 47.7 Å². The Kier molecular flexibility index (Phi) is 13.5. The molecular formula is C36H45N3O8. The lowest BCUT2D eigenvalue weighted by atomic mass is 9.99. The molecule has 0 spiro atoms. The SMILES string of the molecule is COc1cc(OCc2ccnc(-c3cccc(COc4cc(OC)c(CNCCO)c(OC)c4)c3C)c2)cc(OC)c1CNCCO. The van der Waals surface area contributed by atoms with Crippen LogP contribution in [0.15, 0.2) is 60.8 Å². The first-order valence-electron chi connectivity index (χ1n) is 15.4. The Morgan fingerprint density at radius 2 is 1.17 bits per heavy atom. The Labute approximate surface area is 276 Å². The first-order chi connectivity index (χ1) is 23.0. The number of rotatable bonds is 19. The summed E-state index contributed by atoms with van der Waals surface area (Å²) >= 11 is 0. The first kappa shape index (κ1) is 35.3. The quantitative estimate of drug-likeness (QED) is 0.108. The number of aromatic nitrogens is 1. The predicted molar refractivity (Wildman–Crippen MR) is 180 cm³/mol. The van der Waals surface area contributed by atoms with Gasteiger partial charge in [-0.15, -0.1) is 0 Å². The molecule has 0 aliphatic heterocycles. The van der Waals surface area contributed by atoms with Crippen LogP contribution >= 0.6 is 0 Å². The first-order valence-corrected chi connectivity index (χ1v) is 15.4. The fourth-order valence-electron chi connectivity index (χ4n) is 5.18. The summed E-state index contributed by atoms with van der Waals surface area (Å²) in [6, 6.07) is 17.4. The molecule has 4 N–H and O–H groups in total. The van der Waals surface area contributed by atoms with Gasteiger partial charge in [0, 0.05) is 62.2 Å². The molecular weight excluding hydrogens is 602 g/mol. The van der Waals surface area contributed by atoms with E-state index in [2.05, 4.69) is 22.5 Å². The zero-order valence-electron chi connectivity index (χ0n) is 27.7. The fourth-order valence-corrected chi connectivity index (χ4v) is 5.18. The summed E-state index contributed by atoms with van der Waals surface area (Å²) in [6.07, 6.45) is 1.78. The Morgan fingerprint density at radius 1 is 0.660 bits per heavy atom. The maximum atomic E-state index is 9.11. The number of nitrogens with one attached hydrogen (secondary N) is 2. The Balaban J connectivity index is 1.48. The topological polar surface area (TPSA) is 133 Å². The molecule has 0 unspecified atom stereocenters. The largest absolute Gasteiger partial charge is 0.496 e. The molecule has 0 saturated heterocycles. The molecule has 0 fully saturated rings. The van der Waals surface area contributed by atoms with Gasteiger partial charge in [0.2, 0.25) is 0 Å². The van der Waals surface area contributed by atoms with Crippen molar-refractivity contribution in [2.45, 2.75) is 33.2 Å². The Hall–Kier alpha value is -4.55. The molecule has 11 nitrogen and oxygen atoms in total. The van der Waals surface area contributed by atoms with Crippen molar-refractivity contribution in [2.24, 2.45) is 0 Å². The number of aliphatic hydroxyl groups excluding tert-OH is 2. The van der Waals surface area contributed by atoms with E-state index in [-0.39, 0.29) is 13.2 Å². The molecule has 0 radical (unpaired) electrons. The molecule has 1 heterocycles. The molecule has 0 amide bonds. The van der Waals surface area contributed by atoms with Crippen molar-refractivity contribution in [1.29, 1.82) is 0 Å². The van der Waals surface area contributed by atoms with Gasteiger partial charge in [0.25, 0.3) is 0 Å². The van der Waals surface area contributed by atoms with Crippen LogP contribution in [0.2, 0.25) is 0 Å². The van der Waals surface area contributed by atoms with Crippen LogP contribution in [0.5, 0.6) is 34.5 Å². The summed E-state index contributed by atoms with van der Waals surface area (Å²) in [5, 5.41) is 24.5. The van der Waals surface area contributed by atoms with Crippen LogP contribution in [-0.2, 0) is 26.3 Å². The average molecular weight is 648 g/mol. The lowest BCUT2D eigenvalue weighted by molar-refractivity contribution is 0.289. The van der Waals surface area contributed by atoms with Crippen molar-refractivity contribution < 1.29 is 38.6 Å². The smallest absolute Gasteiger partial charge is 0.130 e. The molecule has 4 rings (SSSR count). The second-order valence-electron chi connectivity index (χ2n) is 10.6. The second-order valence-corrected chi connectivity index (χ2v) is 10.6. The minimum atomic E-state index is 0.0447. The predicted octanol–water partition coefficient (Wildman–Crippen LogP) is 4.41. The van der Waals surface area contributed by atoms with Gasteiger partial charge in [-0.05, 0) is 35.7 Å². The third-order valence-electron chi connectivity index (χ3n) is 7.69. The van der Waals surface area contributed by atoms with E-state index in [4.69, 9.17) is 38.6 Å². The van der Waals surface area contributed by atoms with E-state index >= 15 is 0 Å². The Bertz CT molecular complexity index is 1550. The van der Waals surface area contributed by atoms with Crippen LogP contribution in [0.25, 0.3) is 11.3 Å². The maximum absolute atomic E-state index is 9.11. The number of methoxy groups -OCH3 is 4. The maximum Gasteiger partial charge on any atom is 0.130 e.